The molecule has 0 bridgehead atoms. The van der Waals surface area contributed by atoms with Crippen LogP contribution in [0.25, 0.3) is 0 Å². The van der Waals surface area contributed by atoms with E-state index in [2.05, 4.69) is 15.6 Å². The van der Waals surface area contributed by atoms with Crippen LogP contribution in [-0.2, 0) is 12.6 Å². The monoisotopic (exact) mass is 337 g/mol. The molecule has 124 valence electrons. The van der Waals surface area contributed by atoms with E-state index in [9.17, 15) is 23.1 Å². The van der Waals surface area contributed by atoms with E-state index >= 15 is 0 Å². The molecule has 0 radical (unpaired) electrons. The summed E-state index contributed by atoms with van der Waals surface area (Å²) in [6.07, 6.45) is -1.42. The van der Waals surface area contributed by atoms with Crippen molar-refractivity contribution in [1.29, 1.82) is 0 Å². The van der Waals surface area contributed by atoms with Gasteiger partial charge in [0.2, 0.25) is 0 Å². The molecular weight excluding hydrogens is 319 g/mol. The zero-order valence-corrected chi connectivity index (χ0v) is 12.6. The van der Waals surface area contributed by atoms with E-state index in [0.29, 0.717) is 11.4 Å². The van der Waals surface area contributed by atoms with Crippen LogP contribution in [0.2, 0.25) is 0 Å². The van der Waals surface area contributed by atoms with E-state index in [0.717, 1.165) is 36.0 Å². The number of nitrogens with zero attached hydrogens (tertiary/aromatic N) is 1. The lowest BCUT2D eigenvalue weighted by Crippen LogP contribution is -2.49. The second kappa shape index (κ2) is 7.28. The topological polar surface area (TPSA) is 74.2 Å². The van der Waals surface area contributed by atoms with Crippen molar-refractivity contribution in [2.45, 2.75) is 50.4 Å². The van der Waals surface area contributed by atoms with Gasteiger partial charge in [0.15, 0.2) is 5.69 Å². The Hall–Kier alpha value is -1.35. The van der Waals surface area contributed by atoms with Crippen molar-refractivity contribution < 1.29 is 23.1 Å². The number of thiazole rings is 1. The molecule has 0 unspecified atom stereocenters. The predicted octanol–water partition coefficient (Wildman–Crippen LogP) is 2.31. The Morgan fingerprint density at radius 1 is 1.41 bits per heavy atom. The van der Waals surface area contributed by atoms with Gasteiger partial charge in [-0.15, -0.1) is 11.3 Å². The van der Waals surface area contributed by atoms with Crippen molar-refractivity contribution in [3.05, 3.63) is 16.1 Å². The Bertz CT molecular complexity index is 507. The number of aromatic nitrogens is 1. The zero-order chi connectivity index (χ0) is 16.2. The second-order valence-electron chi connectivity index (χ2n) is 5.23. The highest BCUT2D eigenvalue weighted by molar-refractivity contribution is 7.09. The molecule has 0 spiro atoms. The summed E-state index contributed by atoms with van der Waals surface area (Å²) in [6.45, 7) is 0.194. The number of hydrogen-bond donors (Lipinski definition) is 3. The van der Waals surface area contributed by atoms with Crippen LogP contribution in [0.4, 0.5) is 18.0 Å². The zero-order valence-electron chi connectivity index (χ0n) is 11.8. The first kappa shape index (κ1) is 17.0. The summed E-state index contributed by atoms with van der Waals surface area (Å²) in [5.41, 5.74) is -0.901. The lowest BCUT2D eigenvalue weighted by Gasteiger charge is -2.28. The molecule has 3 N–H and O–H groups in total. The highest BCUT2D eigenvalue weighted by Crippen LogP contribution is 2.30. The number of aliphatic hydroxyl groups is 1. The van der Waals surface area contributed by atoms with Crippen LogP contribution in [0.3, 0.4) is 0 Å². The number of hydrogen-bond acceptors (Lipinski definition) is 4. The van der Waals surface area contributed by atoms with Gasteiger partial charge in [0, 0.05) is 18.3 Å². The lowest BCUT2D eigenvalue weighted by molar-refractivity contribution is -0.140. The Morgan fingerprint density at radius 3 is 2.77 bits per heavy atom. The minimum absolute atomic E-state index is 0.194. The van der Waals surface area contributed by atoms with Crippen molar-refractivity contribution in [1.82, 2.24) is 15.6 Å². The van der Waals surface area contributed by atoms with Crippen LogP contribution in [0.5, 0.6) is 0 Å². The molecular formula is C13H18F3N3O2S. The van der Waals surface area contributed by atoms with Gasteiger partial charge in [0.05, 0.1) is 17.2 Å². The fraction of sp³-hybridized carbons (Fsp3) is 0.692. The van der Waals surface area contributed by atoms with Gasteiger partial charge >= 0.3 is 12.2 Å². The molecule has 1 heterocycles. The molecule has 0 aromatic carbocycles. The summed E-state index contributed by atoms with van der Waals surface area (Å²) in [7, 11) is 0. The summed E-state index contributed by atoms with van der Waals surface area (Å²) >= 11 is 0.921. The van der Waals surface area contributed by atoms with E-state index in [4.69, 9.17) is 0 Å². The summed E-state index contributed by atoms with van der Waals surface area (Å²) in [6, 6.07) is -0.677. The predicted molar refractivity (Wildman–Crippen MR) is 75.6 cm³/mol. The first-order valence-corrected chi connectivity index (χ1v) is 7.98. The Labute approximate surface area is 129 Å². The highest BCUT2D eigenvalue weighted by Gasteiger charge is 2.33. The number of carbonyl (C=O) groups excluding carboxylic acids is 1. The number of alkyl halides is 3. The number of nitrogens with one attached hydrogen (secondary N) is 2. The third kappa shape index (κ3) is 4.84. The molecule has 1 aromatic heterocycles. The quantitative estimate of drug-likeness (QED) is 0.789. The van der Waals surface area contributed by atoms with E-state index in [-0.39, 0.29) is 19.0 Å². The summed E-state index contributed by atoms with van der Waals surface area (Å²) < 4.78 is 37.2. The van der Waals surface area contributed by atoms with Gasteiger partial charge in [-0.2, -0.15) is 13.2 Å². The second-order valence-corrected chi connectivity index (χ2v) is 6.18. The standard InChI is InChI=1S/C13H18F3N3O2S/c14-13(15,16)10-7-22-11(19-10)5-6-17-12(21)18-8-3-1-2-4-9(8)20/h7-9,20H,1-6H2,(H2,17,18,21)/t8-,9+/m0/s1. The van der Waals surface area contributed by atoms with Crippen LogP contribution < -0.4 is 10.6 Å². The third-order valence-electron chi connectivity index (χ3n) is 3.51. The van der Waals surface area contributed by atoms with Gasteiger partial charge in [0.25, 0.3) is 0 Å². The van der Waals surface area contributed by atoms with Crippen LogP contribution in [0.1, 0.15) is 36.4 Å². The van der Waals surface area contributed by atoms with E-state index < -0.39 is 24.0 Å². The van der Waals surface area contributed by atoms with Crippen molar-refractivity contribution in [3.63, 3.8) is 0 Å². The SMILES string of the molecule is O=C(NCCc1nc(C(F)(F)F)cs1)N[C@H]1CCCC[C@H]1O. The average molecular weight is 337 g/mol. The minimum Gasteiger partial charge on any atom is -0.391 e. The fourth-order valence-electron chi connectivity index (χ4n) is 2.34. The number of carbonyl (C=O) groups is 1. The van der Waals surface area contributed by atoms with Gasteiger partial charge in [-0.1, -0.05) is 12.8 Å². The lowest BCUT2D eigenvalue weighted by atomic mass is 9.93. The smallest absolute Gasteiger partial charge is 0.391 e. The van der Waals surface area contributed by atoms with Gasteiger partial charge in [-0.05, 0) is 12.8 Å². The molecule has 22 heavy (non-hydrogen) atoms. The number of halogens is 3. The normalized spacial score (nSPS) is 22.4. The molecule has 2 rings (SSSR count). The highest BCUT2D eigenvalue weighted by atomic mass is 32.1. The molecule has 0 aliphatic heterocycles. The molecule has 1 aliphatic rings. The van der Waals surface area contributed by atoms with Crippen LogP contribution in [0.15, 0.2) is 5.38 Å². The molecule has 1 fully saturated rings. The van der Waals surface area contributed by atoms with E-state index in [1.54, 1.807) is 0 Å². The van der Waals surface area contributed by atoms with Gasteiger partial charge in [0.1, 0.15) is 0 Å². The van der Waals surface area contributed by atoms with Crippen LogP contribution in [-0.4, -0.2) is 34.8 Å². The summed E-state index contributed by atoms with van der Waals surface area (Å²) in [5.74, 6) is 0. The van der Waals surface area contributed by atoms with Crippen molar-refractivity contribution in [2.75, 3.05) is 6.54 Å². The third-order valence-corrected chi connectivity index (χ3v) is 4.42. The maximum atomic E-state index is 12.4. The minimum atomic E-state index is -4.43. The molecule has 1 aromatic rings. The Balaban J connectivity index is 1.71. The molecule has 5 nitrogen and oxygen atoms in total. The van der Waals surface area contributed by atoms with E-state index in [1.807, 2.05) is 0 Å². The molecule has 2 amide bonds. The summed E-state index contributed by atoms with van der Waals surface area (Å²) in [5, 5.41) is 16.3. The van der Waals surface area contributed by atoms with E-state index in [1.165, 1.54) is 0 Å². The number of amides is 2. The van der Waals surface area contributed by atoms with Gasteiger partial charge < -0.3 is 15.7 Å². The van der Waals surface area contributed by atoms with Gasteiger partial charge in [-0.25, -0.2) is 9.78 Å². The number of aliphatic hydroxyl groups excluding tert-OH is 1. The molecule has 1 saturated carbocycles. The molecule has 9 heteroatoms. The van der Waals surface area contributed by atoms with Crippen molar-refractivity contribution in [2.24, 2.45) is 0 Å². The molecule has 0 saturated heterocycles. The number of urea groups is 1. The van der Waals surface area contributed by atoms with Gasteiger partial charge in [-0.3, -0.25) is 0 Å². The average Bonchev–Trinajstić information content (AvgIpc) is 2.90. The summed E-state index contributed by atoms with van der Waals surface area (Å²) in [4.78, 5) is 15.2. The first-order chi connectivity index (χ1) is 10.4. The Morgan fingerprint density at radius 2 is 2.14 bits per heavy atom. The maximum absolute atomic E-state index is 12.4. The van der Waals surface area contributed by atoms with Crippen LogP contribution in [0, 0.1) is 0 Å². The van der Waals surface area contributed by atoms with Crippen molar-refractivity contribution >= 4 is 17.4 Å². The number of rotatable bonds is 4. The Kier molecular flexibility index (Phi) is 5.63. The van der Waals surface area contributed by atoms with Crippen molar-refractivity contribution in [3.8, 4) is 0 Å². The largest absolute Gasteiger partial charge is 0.434 e. The maximum Gasteiger partial charge on any atom is 0.434 e. The van der Waals surface area contributed by atoms with Crippen LogP contribution >= 0.6 is 11.3 Å². The first-order valence-electron chi connectivity index (χ1n) is 7.10. The molecule has 2 atom stereocenters. The molecule has 1 aliphatic carbocycles. The fourth-order valence-corrected chi connectivity index (χ4v) is 3.14.